The molecule has 1 fully saturated rings. The lowest BCUT2D eigenvalue weighted by Crippen LogP contribution is -2.46. The van der Waals surface area contributed by atoms with Gasteiger partial charge >= 0.3 is 0 Å². The Balaban J connectivity index is 1.73. The Morgan fingerprint density at radius 1 is 1.45 bits per heavy atom. The molecule has 20 heavy (non-hydrogen) atoms. The van der Waals surface area contributed by atoms with Gasteiger partial charge in [0.2, 0.25) is 5.91 Å². The molecule has 0 spiro atoms. The number of fused-ring (bicyclic) bond motifs is 1. The normalized spacial score (nSPS) is 23.2. The number of aliphatic hydroxyl groups is 1. The summed E-state index contributed by atoms with van der Waals surface area (Å²) in [5.74, 6) is 0.234. The van der Waals surface area contributed by atoms with E-state index in [0.717, 1.165) is 17.5 Å². The van der Waals surface area contributed by atoms with Gasteiger partial charge in [-0.05, 0) is 24.5 Å². The number of hydrogen-bond donors (Lipinski definition) is 1. The van der Waals surface area contributed by atoms with Crippen LogP contribution < -0.4 is 0 Å². The van der Waals surface area contributed by atoms with E-state index in [2.05, 4.69) is 10.3 Å². The Kier molecular flexibility index (Phi) is 3.40. The van der Waals surface area contributed by atoms with Gasteiger partial charge in [-0.1, -0.05) is 24.3 Å². The predicted octanol–water partition coefficient (Wildman–Crippen LogP) is 0.661. The lowest BCUT2D eigenvalue weighted by molar-refractivity contribution is -0.136. The van der Waals surface area contributed by atoms with Gasteiger partial charge in [0.15, 0.2) is 0 Å². The van der Waals surface area contributed by atoms with Gasteiger partial charge < -0.3 is 10.0 Å². The Morgan fingerprint density at radius 3 is 3.05 bits per heavy atom. The quantitative estimate of drug-likeness (QED) is 0.873. The third-order valence-electron chi connectivity index (χ3n) is 3.98. The number of aromatic nitrogens is 3. The summed E-state index contributed by atoms with van der Waals surface area (Å²) in [6.07, 6.45) is 0.408. The van der Waals surface area contributed by atoms with E-state index in [9.17, 15) is 9.90 Å². The average molecular weight is 274 g/mol. The molecule has 0 aliphatic carbocycles. The van der Waals surface area contributed by atoms with Crippen molar-refractivity contribution in [2.45, 2.75) is 26.0 Å². The lowest BCUT2D eigenvalue weighted by atomic mass is 9.96. The van der Waals surface area contributed by atoms with Gasteiger partial charge in [-0.3, -0.25) is 4.79 Å². The lowest BCUT2D eigenvalue weighted by Gasteiger charge is -2.34. The summed E-state index contributed by atoms with van der Waals surface area (Å²) >= 11 is 0. The summed E-state index contributed by atoms with van der Waals surface area (Å²) in [5.41, 5.74) is 1.64. The van der Waals surface area contributed by atoms with Crippen LogP contribution in [0.2, 0.25) is 0 Å². The number of rotatable bonds is 2. The molecule has 1 aromatic heterocycles. The third-order valence-corrected chi connectivity index (χ3v) is 3.98. The van der Waals surface area contributed by atoms with Crippen molar-refractivity contribution in [2.24, 2.45) is 5.92 Å². The second-order valence-corrected chi connectivity index (χ2v) is 5.41. The van der Waals surface area contributed by atoms with E-state index in [1.54, 1.807) is 9.58 Å². The van der Waals surface area contributed by atoms with E-state index in [4.69, 9.17) is 0 Å². The molecular weight excluding hydrogens is 256 g/mol. The molecule has 0 radical (unpaired) electrons. The van der Waals surface area contributed by atoms with Gasteiger partial charge in [0.25, 0.3) is 0 Å². The largest absolute Gasteiger partial charge is 0.391 e. The van der Waals surface area contributed by atoms with Gasteiger partial charge in [0.1, 0.15) is 12.1 Å². The van der Waals surface area contributed by atoms with Crippen LogP contribution in [0.4, 0.5) is 0 Å². The van der Waals surface area contributed by atoms with Gasteiger partial charge in [0.05, 0.1) is 11.6 Å². The number of likely N-dealkylation sites (tertiary alicyclic amines) is 1. The molecule has 106 valence electrons. The maximum absolute atomic E-state index is 12.3. The van der Waals surface area contributed by atoms with Crippen LogP contribution in [0.5, 0.6) is 0 Å². The molecule has 1 N–H and O–H groups in total. The SMILES string of the molecule is CC1CCN(C(=O)Cn2nnc3ccccc32)CC1O. The number of para-hydroxylation sites is 1. The highest BCUT2D eigenvalue weighted by atomic mass is 16.3. The molecule has 1 aromatic carbocycles. The van der Waals surface area contributed by atoms with Gasteiger partial charge in [0, 0.05) is 13.1 Å². The van der Waals surface area contributed by atoms with Crippen LogP contribution in [0.25, 0.3) is 11.0 Å². The average Bonchev–Trinajstić information content (AvgIpc) is 2.85. The molecule has 1 saturated heterocycles. The summed E-state index contributed by atoms with van der Waals surface area (Å²) in [7, 11) is 0. The second kappa shape index (κ2) is 5.20. The minimum absolute atomic E-state index is 0.0217. The maximum atomic E-state index is 12.3. The Labute approximate surface area is 117 Å². The van der Waals surface area contributed by atoms with Crippen molar-refractivity contribution in [1.29, 1.82) is 0 Å². The van der Waals surface area contributed by atoms with E-state index in [1.165, 1.54) is 0 Å². The van der Waals surface area contributed by atoms with E-state index in [1.807, 2.05) is 31.2 Å². The van der Waals surface area contributed by atoms with Gasteiger partial charge in [-0.15, -0.1) is 5.10 Å². The van der Waals surface area contributed by atoms with Crippen LogP contribution in [0, 0.1) is 5.92 Å². The molecule has 2 aromatic rings. The molecular formula is C14H18N4O2. The number of carbonyl (C=O) groups excluding carboxylic acids is 1. The number of hydrogen-bond acceptors (Lipinski definition) is 4. The van der Waals surface area contributed by atoms with Crippen molar-refractivity contribution in [3.8, 4) is 0 Å². The monoisotopic (exact) mass is 274 g/mol. The topological polar surface area (TPSA) is 71.2 Å². The molecule has 6 heteroatoms. The summed E-state index contributed by atoms with van der Waals surface area (Å²) in [6, 6.07) is 7.57. The summed E-state index contributed by atoms with van der Waals surface area (Å²) < 4.78 is 1.61. The third kappa shape index (κ3) is 2.38. The Bertz CT molecular complexity index is 624. The highest BCUT2D eigenvalue weighted by molar-refractivity contribution is 5.79. The van der Waals surface area contributed by atoms with E-state index < -0.39 is 6.10 Å². The molecule has 1 amide bonds. The van der Waals surface area contributed by atoms with Crippen LogP contribution in [-0.4, -0.2) is 50.1 Å². The molecule has 6 nitrogen and oxygen atoms in total. The van der Waals surface area contributed by atoms with Crippen LogP contribution in [0.1, 0.15) is 13.3 Å². The molecule has 1 aliphatic rings. The first kappa shape index (κ1) is 13.1. The van der Waals surface area contributed by atoms with Crippen molar-refractivity contribution in [2.75, 3.05) is 13.1 Å². The Morgan fingerprint density at radius 2 is 2.25 bits per heavy atom. The maximum Gasteiger partial charge on any atom is 0.244 e. The van der Waals surface area contributed by atoms with Crippen molar-refractivity contribution < 1.29 is 9.90 Å². The van der Waals surface area contributed by atoms with Crippen molar-refractivity contribution >= 4 is 16.9 Å². The fourth-order valence-electron chi connectivity index (χ4n) is 2.54. The van der Waals surface area contributed by atoms with Crippen molar-refractivity contribution in [1.82, 2.24) is 19.9 Å². The number of carbonyl (C=O) groups is 1. The van der Waals surface area contributed by atoms with Crippen LogP contribution in [0.3, 0.4) is 0 Å². The minimum Gasteiger partial charge on any atom is -0.391 e. The Hall–Kier alpha value is -1.95. The number of nitrogens with zero attached hydrogens (tertiary/aromatic N) is 4. The highest BCUT2D eigenvalue weighted by Crippen LogP contribution is 2.17. The summed E-state index contributed by atoms with van der Waals surface area (Å²) in [5, 5.41) is 17.9. The first-order valence-electron chi connectivity index (χ1n) is 6.89. The van der Waals surface area contributed by atoms with Crippen LogP contribution in [-0.2, 0) is 11.3 Å². The number of amides is 1. The first-order valence-corrected chi connectivity index (χ1v) is 6.89. The molecule has 2 atom stereocenters. The minimum atomic E-state index is -0.430. The summed E-state index contributed by atoms with van der Waals surface area (Å²) in [4.78, 5) is 14.0. The van der Waals surface area contributed by atoms with E-state index in [0.29, 0.717) is 13.1 Å². The standard InChI is InChI=1S/C14H18N4O2/c1-10-6-7-17(8-13(10)19)14(20)9-18-12-5-3-2-4-11(12)15-16-18/h2-5,10,13,19H,6-9H2,1H3. The molecule has 1 aliphatic heterocycles. The number of benzene rings is 1. The highest BCUT2D eigenvalue weighted by Gasteiger charge is 2.27. The van der Waals surface area contributed by atoms with E-state index >= 15 is 0 Å². The van der Waals surface area contributed by atoms with Crippen molar-refractivity contribution in [3.05, 3.63) is 24.3 Å². The van der Waals surface area contributed by atoms with Gasteiger partial charge in [-0.2, -0.15) is 0 Å². The van der Waals surface area contributed by atoms with Gasteiger partial charge in [-0.25, -0.2) is 4.68 Å². The van der Waals surface area contributed by atoms with E-state index in [-0.39, 0.29) is 18.4 Å². The zero-order chi connectivity index (χ0) is 14.1. The molecule has 0 bridgehead atoms. The second-order valence-electron chi connectivity index (χ2n) is 5.41. The van der Waals surface area contributed by atoms with Crippen LogP contribution in [0.15, 0.2) is 24.3 Å². The fourth-order valence-corrected chi connectivity index (χ4v) is 2.54. The molecule has 3 rings (SSSR count). The fraction of sp³-hybridized carbons (Fsp3) is 0.500. The number of piperidine rings is 1. The molecule has 2 heterocycles. The zero-order valence-electron chi connectivity index (χ0n) is 11.4. The van der Waals surface area contributed by atoms with Crippen LogP contribution >= 0.6 is 0 Å². The zero-order valence-corrected chi connectivity index (χ0v) is 11.4. The number of β-amino-alcohol motifs (C(OH)–C–C–N with tert-alkyl or cyclic N) is 1. The molecule has 0 saturated carbocycles. The predicted molar refractivity (Wildman–Crippen MR) is 73.9 cm³/mol. The first-order chi connectivity index (χ1) is 9.65. The summed E-state index contributed by atoms with van der Waals surface area (Å²) in [6.45, 7) is 3.29. The van der Waals surface area contributed by atoms with Crippen molar-refractivity contribution in [3.63, 3.8) is 0 Å². The smallest absolute Gasteiger partial charge is 0.244 e. The number of aliphatic hydroxyl groups excluding tert-OH is 1. The molecule has 2 unspecified atom stereocenters.